The molecule has 0 aliphatic carbocycles. The molecular formula is C40H42N3O7P. The van der Waals surface area contributed by atoms with Gasteiger partial charge in [0.05, 0.1) is 12.0 Å². The third-order valence-electron chi connectivity index (χ3n) is 8.55. The summed E-state index contributed by atoms with van der Waals surface area (Å²) in [4.78, 5) is 51.6. The average molecular weight is 708 g/mol. The Morgan fingerprint density at radius 1 is 0.784 bits per heavy atom. The number of benzene rings is 4. The Labute approximate surface area is 297 Å². The quantitative estimate of drug-likeness (QED) is 0.0940. The predicted molar refractivity (Wildman–Crippen MR) is 195 cm³/mol. The first-order chi connectivity index (χ1) is 24.6. The van der Waals surface area contributed by atoms with Gasteiger partial charge in [0.2, 0.25) is 13.3 Å². The minimum atomic E-state index is -4.37. The molecule has 11 heteroatoms. The van der Waals surface area contributed by atoms with Crippen molar-refractivity contribution in [3.63, 3.8) is 0 Å². The van der Waals surface area contributed by atoms with Crippen molar-refractivity contribution in [2.75, 3.05) is 6.16 Å². The molecule has 4 atom stereocenters. The zero-order valence-corrected chi connectivity index (χ0v) is 29.5. The Bertz CT molecular complexity index is 1930. The molecule has 5 aromatic rings. The van der Waals surface area contributed by atoms with E-state index in [2.05, 4.69) is 15.8 Å². The summed E-state index contributed by atoms with van der Waals surface area (Å²) >= 11 is 0. The molecule has 1 heterocycles. The van der Waals surface area contributed by atoms with Gasteiger partial charge in [-0.2, -0.15) is 0 Å². The highest BCUT2D eigenvalue weighted by molar-refractivity contribution is 7.58. The second-order valence-electron chi connectivity index (χ2n) is 12.7. The molecule has 2 amide bonds. The van der Waals surface area contributed by atoms with Crippen LogP contribution in [0.1, 0.15) is 34.9 Å². The van der Waals surface area contributed by atoms with E-state index in [0.717, 1.165) is 22.3 Å². The monoisotopic (exact) mass is 707 g/mol. The van der Waals surface area contributed by atoms with Crippen LogP contribution in [0.3, 0.4) is 0 Å². The van der Waals surface area contributed by atoms with E-state index in [1.165, 1.54) is 6.92 Å². The maximum Gasteiger partial charge on any atom is 0.408 e. The van der Waals surface area contributed by atoms with Crippen molar-refractivity contribution in [1.82, 2.24) is 15.8 Å². The second kappa shape index (κ2) is 17.6. The van der Waals surface area contributed by atoms with Crippen LogP contribution in [0.2, 0.25) is 0 Å². The van der Waals surface area contributed by atoms with E-state index in [0.29, 0.717) is 17.0 Å². The average Bonchev–Trinajstić information content (AvgIpc) is 3.60. The van der Waals surface area contributed by atoms with Crippen LogP contribution in [0.4, 0.5) is 4.79 Å². The van der Waals surface area contributed by atoms with Crippen LogP contribution in [0, 0.1) is 12.8 Å². The van der Waals surface area contributed by atoms with Gasteiger partial charge in [-0.05, 0) is 37.0 Å². The van der Waals surface area contributed by atoms with E-state index in [1.54, 1.807) is 42.5 Å². The van der Waals surface area contributed by atoms with Gasteiger partial charge in [0.1, 0.15) is 23.8 Å². The molecular weight excluding hydrogens is 665 g/mol. The van der Waals surface area contributed by atoms with E-state index in [1.807, 2.05) is 85.8 Å². The first kappa shape index (κ1) is 37.0. The highest BCUT2D eigenvalue weighted by Gasteiger charge is 2.39. The number of nitrogens with one attached hydrogen (secondary N) is 2. The van der Waals surface area contributed by atoms with E-state index in [-0.39, 0.29) is 31.7 Å². The molecule has 0 saturated carbocycles. The topological polar surface area (TPSA) is 148 Å². The lowest BCUT2D eigenvalue weighted by Gasteiger charge is -2.28. The fourth-order valence-corrected chi connectivity index (χ4v) is 7.64. The van der Waals surface area contributed by atoms with Crippen LogP contribution in [-0.4, -0.2) is 45.8 Å². The first-order valence-corrected chi connectivity index (χ1v) is 18.7. The number of aryl methyl sites for hydroxylation is 1. The summed E-state index contributed by atoms with van der Waals surface area (Å²) in [5.41, 5.74) is 4.72. The predicted octanol–water partition coefficient (Wildman–Crippen LogP) is 6.89. The molecule has 1 aromatic heterocycles. The normalized spacial score (nSPS) is 14.0. The van der Waals surface area contributed by atoms with E-state index < -0.39 is 43.3 Å². The number of ketones is 1. The van der Waals surface area contributed by atoms with E-state index in [4.69, 9.17) is 9.26 Å². The minimum Gasteiger partial charge on any atom is -0.445 e. The Hall–Kier alpha value is -5.31. The Morgan fingerprint density at radius 2 is 1.37 bits per heavy atom. The number of carbonyl (C=O) groups is 3. The maximum absolute atomic E-state index is 14.4. The van der Waals surface area contributed by atoms with Crippen LogP contribution in [0.25, 0.3) is 11.3 Å². The molecule has 3 N–H and O–H groups in total. The van der Waals surface area contributed by atoms with Gasteiger partial charge in [0, 0.05) is 30.6 Å². The van der Waals surface area contributed by atoms with Gasteiger partial charge in [0.15, 0.2) is 5.78 Å². The number of amides is 2. The van der Waals surface area contributed by atoms with Crippen LogP contribution in [0.15, 0.2) is 126 Å². The summed E-state index contributed by atoms with van der Waals surface area (Å²) in [5.74, 6) is -2.95. The number of carbonyl (C=O) groups excluding carboxylic acids is 3. The number of hydrogen-bond donors (Lipinski definition) is 3. The van der Waals surface area contributed by atoms with Crippen molar-refractivity contribution in [1.29, 1.82) is 0 Å². The molecule has 0 saturated heterocycles. The summed E-state index contributed by atoms with van der Waals surface area (Å²) in [5, 5.41) is 9.60. The Balaban J connectivity index is 1.40. The molecule has 0 aliphatic heterocycles. The number of aromatic nitrogens is 1. The Kier molecular flexibility index (Phi) is 12.7. The van der Waals surface area contributed by atoms with Gasteiger partial charge < -0.3 is 24.8 Å². The Morgan fingerprint density at radius 3 is 2.00 bits per heavy atom. The second-order valence-corrected chi connectivity index (χ2v) is 15.2. The van der Waals surface area contributed by atoms with Crippen LogP contribution < -0.4 is 10.6 Å². The number of hydrogen-bond acceptors (Lipinski definition) is 7. The molecule has 264 valence electrons. The van der Waals surface area contributed by atoms with E-state index in [9.17, 15) is 23.8 Å². The summed E-state index contributed by atoms with van der Waals surface area (Å²) in [7, 11) is -4.37. The molecule has 0 bridgehead atoms. The molecule has 10 nitrogen and oxygen atoms in total. The molecule has 2 unspecified atom stereocenters. The minimum absolute atomic E-state index is 0.00729. The third-order valence-corrected chi connectivity index (χ3v) is 10.8. The largest absolute Gasteiger partial charge is 0.445 e. The maximum atomic E-state index is 14.4. The summed E-state index contributed by atoms with van der Waals surface area (Å²) < 4.78 is 25.4. The van der Waals surface area contributed by atoms with Gasteiger partial charge in [-0.1, -0.05) is 126 Å². The molecule has 0 aliphatic rings. The fraction of sp³-hybridized carbons (Fsp3) is 0.250. The number of rotatable bonds is 16. The molecule has 4 aromatic carbocycles. The molecule has 5 rings (SSSR count). The van der Waals surface area contributed by atoms with Crippen LogP contribution >= 0.6 is 7.37 Å². The fourth-order valence-electron chi connectivity index (χ4n) is 5.66. The summed E-state index contributed by atoms with van der Waals surface area (Å²) in [6.45, 7) is 3.32. The molecule has 0 fully saturated rings. The molecule has 0 spiro atoms. The van der Waals surface area contributed by atoms with Crippen molar-refractivity contribution in [2.24, 2.45) is 5.92 Å². The zero-order valence-electron chi connectivity index (χ0n) is 28.6. The molecule has 0 radical (unpaired) electrons. The lowest BCUT2D eigenvalue weighted by atomic mass is 9.99. The summed E-state index contributed by atoms with van der Waals surface area (Å²) in [6.07, 6.45) is -1.22. The number of nitrogens with zero attached hydrogens (tertiary/aromatic N) is 1. The third kappa shape index (κ3) is 11.1. The number of alkyl carbamates (subject to hydrolysis) is 1. The van der Waals surface area contributed by atoms with E-state index >= 15 is 0 Å². The molecule has 51 heavy (non-hydrogen) atoms. The van der Waals surface area contributed by atoms with Crippen molar-refractivity contribution in [3.8, 4) is 11.3 Å². The highest BCUT2D eigenvalue weighted by atomic mass is 31.2. The zero-order chi connectivity index (χ0) is 36.2. The lowest BCUT2D eigenvalue weighted by Crippen LogP contribution is -2.46. The van der Waals surface area contributed by atoms with Crippen molar-refractivity contribution in [2.45, 2.75) is 51.5 Å². The van der Waals surface area contributed by atoms with Crippen LogP contribution in [-0.2, 0) is 44.8 Å². The SMILES string of the molecule is CC(=O)[C@@H](Cc1ccc(C)cc1)NC(=O)C(Cc1cc(-c2ccccc2)no1)CP(=O)(O)[C@@H](Cc1ccccc1)NC(=O)OCc1ccccc1. The highest BCUT2D eigenvalue weighted by Crippen LogP contribution is 2.48. The van der Waals surface area contributed by atoms with Crippen molar-refractivity contribution >= 4 is 25.2 Å². The van der Waals surface area contributed by atoms with Crippen molar-refractivity contribution < 1.29 is 33.1 Å². The summed E-state index contributed by atoms with van der Waals surface area (Å²) in [6, 6.07) is 35.9. The van der Waals surface area contributed by atoms with Gasteiger partial charge in [-0.3, -0.25) is 14.2 Å². The number of Topliss-reactive ketones (excluding diaryl/α,β-unsaturated/α-hetero) is 1. The van der Waals surface area contributed by atoms with Crippen LogP contribution in [0.5, 0.6) is 0 Å². The van der Waals surface area contributed by atoms with Crippen molar-refractivity contribution in [3.05, 3.63) is 149 Å². The van der Waals surface area contributed by atoms with Gasteiger partial charge in [0.25, 0.3) is 0 Å². The van der Waals surface area contributed by atoms with Gasteiger partial charge in [-0.25, -0.2) is 4.79 Å². The lowest BCUT2D eigenvalue weighted by molar-refractivity contribution is -0.129. The first-order valence-electron chi connectivity index (χ1n) is 16.8. The number of ether oxygens (including phenoxy) is 1. The van der Waals surface area contributed by atoms with Gasteiger partial charge >= 0.3 is 6.09 Å². The smallest absolute Gasteiger partial charge is 0.408 e. The standard InChI is InChI=1S/C40H42N3O7P/c1-28-18-20-31(21-19-28)22-36(29(2)44)41-39(45)34(24-35-25-37(43-50-35)33-16-10-5-11-17-33)27-51(47,48)38(23-30-12-6-3-7-13-30)42-40(46)49-26-32-14-8-4-9-15-32/h3-21,25,34,36,38H,22-24,26-27H2,1-2H3,(H,41,45)(H,42,46)(H,47,48)/t34?,36-,38+/m1/s1. The van der Waals surface area contributed by atoms with Gasteiger partial charge in [-0.15, -0.1) is 0 Å².